The minimum atomic E-state index is -0.638. The lowest BCUT2D eigenvalue weighted by molar-refractivity contribution is 0.0265. The lowest BCUT2D eigenvalue weighted by atomic mass is 10.0. The van der Waals surface area contributed by atoms with Crippen LogP contribution in [0.1, 0.15) is 24.5 Å². The van der Waals surface area contributed by atoms with Gasteiger partial charge in [-0.25, -0.2) is 0 Å². The fraction of sp³-hybridized carbons (Fsp3) is 0.500. The molecule has 1 aromatic rings. The predicted molar refractivity (Wildman–Crippen MR) is 57.2 cm³/mol. The van der Waals surface area contributed by atoms with Crippen LogP contribution in [0.15, 0.2) is 24.3 Å². The third-order valence-electron chi connectivity index (χ3n) is 2.41. The monoisotopic (exact) mass is 194 g/mol. The fourth-order valence-corrected chi connectivity index (χ4v) is 1.31. The van der Waals surface area contributed by atoms with E-state index in [9.17, 15) is 5.11 Å². The molecule has 0 aliphatic heterocycles. The third-order valence-corrected chi connectivity index (χ3v) is 2.41. The van der Waals surface area contributed by atoms with Gasteiger partial charge in [0.15, 0.2) is 0 Å². The van der Waals surface area contributed by atoms with E-state index >= 15 is 0 Å². The molecule has 1 rings (SSSR count). The molecule has 2 unspecified atom stereocenters. The summed E-state index contributed by atoms with van der Waals surface area (Å²) in [4.78, 5) is 0. The fourth-order valence-electron chi connectivity index (χ4n) is 1.31. The summed E-state index contributed by atoms with van der Waals surface area (Å²) in [6, 6.07) is 8.24. The number of aryl methyl sites for hydroxylation is 2. The molecule has 0 spiro atoms. The molecule has 14 heavy (non-hydrogen) atoms. The zero-order chi connectivity index (χ0) is 10.6. The molecule has 0 bridgehead atoms. The molecule has 2 atom stereocenters. The molecule has 78 valence electrons. The van der Waals surface area contributed by atoms with Crippen LogP contribution in [0.4, 0.5) is 0 Å². The van der Waals surface area contributed by atoms with Crippen molar-refractivity contribution in [2.45, 2.75) is 38.9 Å². The van der Waals surface area contributed by atoms with Gasteiger partial charge in [0.05, 0.1) is 12.2 Å². The van der Waals surface area contributed by atoms with Gasteiger partial charge in [-0.2, -0.15) is 0 Å². The van der Waals surface area contributed by atoms with E-state index in [1.807, 2.05) is 0 Å². The van der Waals surface area contributed by atoms with Crippen molar-refractivity contribution in [3.63, 3.8) is 0 Å². The van der Waals surface area contributed by atoms with Crippen molar-refractivity contribution in [2.75, 3.05) is 0 Å². The van der Waals surface area contributed by atoms with Crippen LogP contribution in [0.3, 0.4) is 0 Å². The van der Waals surface area contributed by atoms with Crippen LogP contribution in [0.2, 0.25) is 0 Å². The van der Waals surface area contributed by atoms with Crippen LogP contribution < -0.4 is 0 Å². The predicted octanol–water partition coefficient (Wildman–Crippen LogP) is 1.67. The first-order valence-corrected chi connectivity index (χ1v) is 5.01. The van der Waals surface area contributed by atoms with Gasteiger partial charge in [-0.3, -0.25) is 0 Å². The Morgan fingerprint density at radius 2 is 1.71 bits per heavy atom. The molecule has 1 aromatic carbocycles. The van der Waals surface area contributed by atoms with E-state index in [1.165, 1.54) is 11.1 Å². The maximum Gasteiger partial charge on any atom is 0.0799 e. The maximum atomic E-state index is 9.39. The molecule has 0 saturated carbocycles. The number of rotatable bonds is 4. The van der Waals surface area contributed by atoms with Crippen LogP contribution in [0.5, 0.6) is 0 Å². The van der Waals surface area contributed by atoms with Gasteiger partial charge in [-0.1, -0.05) is 29.8 Å². The van der Waals surface area contributed by atoms with Crippen molar-refractivity contribution in [3.05, 3.63) is 35.4 Å². The quantitative estimate of drug-likeness (QED) is 0.765. The molecule has 0 aromatic heterocycles. The number of aliphatic hydroxyl groups is 2. The summed E-state index contributed by atoms with van der Waals surface area (Å²) in [7, 11) is 0. The highest BCUT2D eigenvalue weighted by Gasteiger charge is 2.10. The number of aliphatic hydroxyl groups excluding tert-OH is 2. The van der Waals surface area contributed by atoms with E-state index in [-0.39, 0.29) is 0 Å². The van der Waals surface area contributed by atoms with Gasteiger partial charge < -0.3 is 10.2 Å². The molecule has 0 amide bonds. The van der Waals surface area contributed by atoms with Crippen LogP contribution in [0, 0.1) is 6.92 Å². The zero-order valence-corrected chi connectivity index (χ0v) is 8.77. The molecular formula is C12H18O2. The Labute approximate surface area is 85.2 Å². The van der Waals surface area contributed by atoms with Crippen molar-refractivity contribution >= 4 is 0 Å². The first-order valence-electron chi connectivity index (χ1n) is 5.01. The van der Waals surface area contributed by atoms with Gasteiger partial charge in [-0.05, 0) is 32.3 Å². The number of hydrogen-bond acceptors (Lipinski definition) is 2. The van der Waals surface area contributed by atoms with Gasteiger partial charge in [0.1, 0.15) is 0 Å². The average molecular weight is 194 g/mol. The third kappa shape index (κ3) is 3.48. The lowest BCUT2D eigenvalue weighted by Crippen LogP contribution is -2.22. The Morgan fingerprint density at radius 1 is 1.14 bits per heavy atom. The summed E-state index contributed by atoms with van der Waals surface area (Å²) in [5.41, 5.74) is 2.44. The summed E-state index contributed by atoms with van der Waals surface area (Å²) in [5.74, 6) is 0. The summed E-state index contributed by atoms with van der Waals surface area (Å²) < 4.78 is 0. The van der Waals surface area contributed by atoms with Crippen molar-refractivity contribution < 1.29 is 10.2 Å². The Kier molecular flexibility index (Phi) is 4.11. The van der Waals surface area contributed by atoms with Crippen molar-refractivity contribution in [1.82, 2.24) is 0 Å². The van der Waals surface area contributed by atoms with Crippen LogP contribution in [-0.4, -0.2) is 22.4 Å². The molecule has 0 fully saturated rings. The van der Waals surface area contributed by atoms with Crippen LogP contribution >= 0.6 is 0 Å². The van der Waals surface area contributed by atoms with Crippen molar-refractivity contribution in [2.24, 2.45) is 0 Å². The van der Waals surface area contributed by atoms with E-state index in [0.29, 0.717) is 6.42 Å². The van der Waals surface area contributed by atoms with E-state index in [0.717, 1.165) is 6.42 Å². The molecule has 2 N–H and O–H groups in total. The first kappa shape index (κ1) is 11.2. The second-order valence-corrected chi connectivity index (χ2v) is 3.83. The average Bonchev–Trinajstić information content (AvgIpc) is 2.16. The standard InChI is InChI=1S/C12H18O2/c1-9-3-5-11(6-4-9)7-8-12(14)10(2)13/h3-6,10,12-14H,7-8H2,1-2H3. The molecule has 0 aliphatic rings. The SMILES string of the molecule is Cc1ccc(CCC(O)C(C)O)cc1. The smallest absolute Gasteiger partial charge is 0.0799 e. The minimum Gasteiger partial charge on any atom is -0.391 e. The summed E-state index contributed by atoms with van der Waals surface area (Å²) in [5, 5.41) is 18.5. The van der Waals surface area contributed by atoms with Gasteiger partial charge in [-0.15, -0.1) is 0 Å². The first-order chi connectivity index (χ1) is 6.59. The van der Waals surface area contributed by atoms with E-state index in [1.54, 1.807) is 6.92 Å². The molecule has 0 radical (unpaired) electrons. The molecular weight excluding hydrogens is 176 g/mol. The molecule has 0 aliphatic carbocycles. The summed E-state index contributed by atoms with van der Waals surface area (Å²) in [6.07, 6.45) is 0.171. The van der Waals surface area contributed by atoms with Crippen LogP contribution in [-0.2, 0) is 6.42 Å². The minimum absolute atomic E-state index is 0.612. The highest BCUT2D eigenvalue weighted by Crippen LogP contribution is 2.08. The Balaban J connectivity index is 2.42. The summed E-state index contributed by atoms with van der Waals surface area (Å²) in [6.45, 7) is 3.66. The Bertz CT molecular complexity index is 264. The highest BCUT2D eigenvalue weighted by molar-refractivity contribution is 5.21. The zero-order valence-electron chi connectivity index (χ0n) is 8.77. The molecule has 0 heterocycles. The molecule has 2 heteroatoms. The number of benzene rings is 1. The summed E-state index contributed by atoms with van der Waals surface area (Å²) >= 11 is 0. The molecule has 2 nitrogen and oxygen atoms in total. The highest BCUT2D eigenvalue weighted by atomic mass is 16.3. The van der Waals surface area contributed by atoms with Crippen LogP contribution in [0.25, 0.3) is 0 Å². The normalized spacial score (nSPS) is 15.1. The Hall–Kier alpha value is -0.860. The topological polar surface area (TPSA) is 40.5 Å². The van der Waals surface area contributed by atoms with Crippen molar-refractivity contribution in [1.29, 1.82) is 0 Å². The second kappa shape index (κ2) is 5.13. The van der Waals surface area contributed by atoms with E-state index in [4.69, 9.17) is 5.11 Å². The largest absolute Gasteiger partial charge is 0.391 e. The maximum absolute atomic E-state index is 9.39. The lowest BCUT2D eigenvalue weighted by Gasteiger charge is -2.12. The second-order valence-electron chi connectivity index (χ2n) is 3.83. The van der Waals surface area contributed by atoms with Gasteiger partial charge in [0.25, 0.3) is 0 Å². The van der Waals surface area contributed by atoms with E-state index in [2.05, 4.69) is 31.2 Å². The molecule has 0 saturated heterocycles. The van der Waals surface area contributed by atoms with E-state index < -0.39 is 12.2 Å². The van der Waals surface area contributed by atoms with Gasteiger partial charge in [0.2, 0.25) is 0 Å². The Morgan fingerprint density at radius 3 is 2.21 bits per heavy atom. The van der Waals surface area contributed by atoms with Gasteiger partial charge in [0, 0.05) is 0 Å². The number of hydrogen-bond donors (Lipinski definition) is 2. The van der Waals surface area contributed by atoms with Crippen molar-refractivity contribution in [3.8, 4) is 0 Å². The van der Waals surface area contributed by atoms with Gasteiger partial charge >= 0.3 is 0 Å².